The molecular weight excluding hydrogens is 396 g/mol. The average Bonchev–Trinajstić information content (AvgIpc) is 2.77. The van der Waals surface area contributed by atoms with Crippen LogP contribution in [-0.2, 0) is 14.6 Å². The van der Waals surface area contributed by atoms with Crippen molar-refractivity contribution in [1.29, 1.82) is 0 Å². The van der Waals surface area contributed by atoms with Crippen LogP contribution in [0.1, 0.15) is 18.1 Å². The van der Waals surface area contributed by atoms with Gasteiger partial charge in [-0.25, -0.2) is 8.42 Å². The monoisotopic (exact) mass is 418 g/mol. The highest BCUT2D eigenvalue weighted by atomic mass is 32.2. The van der Waals surface area contributed by atoms with Gasteiger partial charge in [-0.05, 0) is 42.8 Å². The van der Waals surface area contributed by atoms with E-state index in [1.807, 2.05) is 42.5 Å². The van der Waals surface area contributed by atoms with E-state index in [1.54, 1.807) is 42.5 Å². The van der Waals surface area contributed by atoms with Crippen LogP contribution >= 0.6 is 0 Å². The largest absolute Gasteiger partial charge is 0.489 e. The van der Waals surface area contributed by atoms with Crippen LogP contribution in [0.5, 0.6) is 5.75 Å². The highest BCUT2D eigenvalue weighted by molar-refractivity contribution is 7.96. The molecule has 0 saturated heterocycles. The first-order valence-electron chi connectivity index (χ1n) is 9.44. The minimum Gasteiger partial charge on any atom is -0.489 e. The van der Waals surface area contributed by atoms with Gasteiger partial charge in [-0.15, -0.1) is 0 Å². The summed E-state index contributed by atoms with van der Waals surface area (Å²) in [5, 5.41) is 0. The van der Waals surface area contributed by atoms with Crippen LogP contribution in [0.4, 0.5) is 0 Å². The van der Waals surface area contributed by atoms with Crippen LogP contribution in [0.15, 0.2) is 101 Å². The zero-order valence-electron chi connectivity index (χ0n) is 16.6. The predicted octanol–water partition coefficient (Wildman–Crippen LogP) is 5.18. The first kappa shape index (κ1) is 21.3. The van der Waals surface area contributed by atoms with Gasteiger partial charge in [-0.1, -0.05) is 72.8 Å². The van der Waals surface area contributed by atoms with Gasteiger partial charge < -0.3 is 4.74 Å². The SMILES string of the molecule is CC(=O)/C(=C/c1ccccc1OC/C=C/c1ccccc1)S(=O)(=O)c1ccccc1. The number of hydrogen-bond donors (Lipinski definition) is 0. The van der Waals surface area contributed by atoms with E-state index in [-0.39, 0.29) is 9.80 Å². The molecule has 3 rings (SSSR count). The van der Waals surface area contributed by atoms with Crippen molar-refractivity contribution < 1.29 is 17.9 Å². The van der Waals surface area contributed by atoms with Gasteiger partial charge in [0.1, 0.15) is 17.3 Å². The Morgan fingerprint density at radius 2 is 1.47 bits per heavy atom. The zero-order valence-corrected chi connectivity index (χ0v) is 17.4. The molecule has 5 heteroatoms. The van der Waals surface area contributed by atoms with Crippen LogP contribution in [-0.4, -0.2) is 20.8 Å². The molecule has 0 aliphatic rings. The summed E-state index contributed by atoms with van der Waals surface area (Å²) < 4.78 is 31.8. The van der Waals surface area contributed by atoms with Gasteiger partial charge in [0.05, 0.1) is 4.90 Å². The molecule has 0 spiro atoms. The summed E-state index contributed by atoms with van der Waals surface area (Å²) in [6.45, 7) is 1.55. The molecule has 3 aromatic rings. The second kappa shape index (κ2) is 9.85. The van der Waals surface area contributed by atoms with E-state index < -0.39 is 15.6 Å². The molecule has 0 aromatic heterocycles. The topological polar surface area (TPSA) is 60.4 Å². The molecule has 4 nitrogen and oxygen atoms in total. The molecule has 0 bridgehead atoms. The standard InChI is InChI=1S/C25H22O4S/c1-20(26)25(30(27,28)23-15-6-3-7-16-23)19-22-14-8-9-17-24(22)29-18-10-13-21-11-4-2-5-12-21/h2-17,19H,18H2,1H3/b13-10+,25-19-. The van der Waals surface area contributed by atoms with Crippen molar-refractivity contribution in [2.75, 3.05) is 6.61 Å². The lowest BCUT2D eigenvalue weighted by molar-refractivity contribution is -0.112. The van der Waals surface area contributed by atoms with Crippen LogP contribution < -0.4 is 4.74 Å². The van der Waals surface area contributed by atoms with Crippen LogP contribution in [0.3, 0.4) is 0 Å². The van der Waals surface area contributed by atoms with E-state index in [9.17, 15) is 13.2 Å². The highest BCUT2D eigenvalue weighted by Crippen LogP contribution is 2.26. The van der Waals surface area contributed by atoms with E-state index in [1.165, 1.54) is 25.1 Å². The molecule has 0 N–H and O–H groups in total. The summed E-state index contributed by atoms with van der Waals surface area (Å²) in [4.78, 5) is 12.0. The van der Waals surface area contributed by atoms with Crippen LogP contribution in [0.2, 0.25) is 0 Å². The first-order chi connectivity index (χ1) is 14.5. The maximum absolute atomic E-state index is 13.0. The van der Waals surface area contributed by atoms with E-state index in [0.717, 1.165) is 5.56 Å². The number of Topliss-reactive ketones (excluding diaryl/α,β-unsaturated/α-hetero) is 1. The summed E-state index contributed by atoms with van der Waals surface area (Å²) in [5.41, 5.74) is 1.58. The minimum absolute atomic E-state index is 0.0793. The highest BCUT2D eigenvalue weighted by Gasteiger charge is 2.24. The lowest BCUT2D eigenvalue weighted by Gasteiger charge is -2.10. The number of carbonyl (C=O) groups is 1. The van der Waals surface area contributed by atoms with Crippen molar-refractivity contribution >= 4 is 27.8 Å². The number of rotatable bonds is 8. The molecular formula is C25H22O4S. The lowest BCUT2D eigenvalue weighted by Crippen LogP contribution is -2.11. The van der Waals surface area contributed by atoms with Gasteiger partial charge in [0, 0.05) is 5.56 Å². The van der Waals surface area contributed by atoms with E-state index in [4.69, 9.17) is 4.74 Å². The third-order valence-electron chi connectivity index (χ3n) is 4.34. The Bertz CT molecular complexity index is 1160. The summed E-state index contributed by atoms with van der Waals surface area (Å²) in [5.74, 6) is -0.0325. The van der Waals surface area contributed by atoms with E-state index in [0.29, 0.717) is 17.9 Å². The van der Waals surface area contributed by atoms with Crippen molar-refractivity contribution in [1.82, 2.24) is 0 Å². The minimum atomic E-state index is -3.93. The van der Waals surface area contributed by atoms with Gasteiger partial charge in [-0.2, -0.15) is 0 Å². The number of sulfone groups is 1. The van der Waals surface area contributed by atoms with Gasteiger partial charge >= 0.3 is 0 Å². The van der Waals surface area contributed by atoms with E-state index in [2.05, 4.69) is 0 Å². The third kappa shape index (κ3) is 5.33. The molecule has 0 atom stereocenters. The quantitative estimate of drug-likeness (QED) is 0.473. The molecule has 0 aliphatic heterocycles. The summed E-state index contributed by atoms with van der Waals surface area (Å²) in [7, 11) is -3.93. The maximum atomic E-state index is 13.0. The van der Waals surface area contributed by atoms with Crippen molar-refractivity contribution in [2.45, 2.75) is 11.8 Å². The number of para-hydroxylation sites is 1. The second-order valence-electron chi connectivity index (χ2n) is 6.54. The maximum Gasteiger partial charge on any atom is 0.210 e. The first-order valence-corrected chi connectivity index (χ1v) is 10.9. The Morgan fingerprint density at radius 1 is 0.867 bits per heavy atom. The number of ketones is 1. The number of carbonyl (C=O) groups excluding carboxylic acids is 1. The van der Waals surface area contributed by atoms with Crippen molar-refractivity contribution in [2.24, 2.45) is 0 Å². The number of benzene rings is 3. The number of allylic oxidation sites excluding steroid dienone is 1. The molecule has 0 saturated carbocycles. The van der Waals surface area contributed by atoms with Crippen molar-refractivity contribution in [3.63, 3.8) is 0 Å². The Labute approximate surface area is 177 Å². The van der Waals surface area contributed by atoms with Gasteiger partial charge in [0.25, 0.3) is 0 Å². The fourth-order valence-corrected chi connectivity index (χ4v) is 4.28. The fourth-order valence-electron chi connectivity index (χ4n) is 2.85. The van der Waals surface area contributed by atoms with E-state index >= 15 is 0 Å². The Kier molecular flexibility index (Phi) is 6.99. The molecule has 0 unspecified atom stereocenters. The number of ether oxygens (including phenoxy) is 1. The van der Waals surface area contributed by atoms with Crippen molar-refractivity contribution in [3.8, 4) is 5.75 Å². The molecule has 0 fully saturated rings. The molecule has 152 valence electrons. The van der Waals surface area contributed by atoms with Crippen molar-refractivity contribution in [3.05, 3.63) is 107 Å². The number of hydrogen-bond acceptors (Lipinski definition) is 4. The molecule has 0 amide bonds. The third-order valence-corrected chi connectivity index (χ3v) is 6.22. The summed E-state index contributed by atoms with van der Waals surface area (Å²) >= 11 is 0. The Hall–Kier alpha value is -3.44. The molecule has 3 aromatic carbocycles. The lowest BCUT2D eigenvalue weighted by atomic mass is 10.1. The molecule has 0 aliphatic carbocycles. The summed E-state index contributed by atoms with van der Waals surface area (Å²) in [6, 6.07) is 24.8. The van der Waals surface area contributed by atoms with Gasteiger partial charge in [-0.3, -0.25) is 4.79 Å². The zero-order chi connectivity index (χ0) is 21.4. The second-order valence-corrected chi connectivity index (χ2v) is 8.46. The molecule has 0 heterocycles. The Balaban J connectivity index is 1.86. The average molecular weight is 419 g/mol. The Morgan fingerprint density at radius 3 is 2.13 bits per heavy atom. The van der Waals surface area contributed by atoms with Gasteiger partial charge in [0.15, 0.2) is 5.78 Å². The van der Waals surface area contributed by atoms with Gasteiger partial charge in [0.2, 0.25) is 9.84 Å². The van der Waals surface area contributed by atoms with Crippen LogP contribution in [0.25, 0.3) is 12.2 Å². The van der Waals surface area contributed by atoms with Crippen LogP contribution in [0, 0.1) is 0 Å². The normalized spacial score (nSPS) is 12.1. The molecule has 30 heavy (non-hydrogen) atoms. The smallest absolute Gasteiger partial charge is 0.210 e. The molecule has 0 radical (unpaired) electrons. The predicted molar refractivity (Wildman–Crippen MR) is 120 cm³/mol. The summed E-state index contributed by atoms with van der Waals surface area (Å²) in [6.07, 6.45) is 5.20. The fraction of sp³-hybridized carbons (Fsp3) is 0.0800.